The number of rotatable bonds is 3. The van der Waals surface area contributed by atoms with Gasteiger partial charge in [-0.1, -0.05) is 6.92 Å². The van der Waals surface area contributed by atoms with E-state index in [-0.39, 0.29) is 5.28 Å². The van der Waals surface area contributed by atoms with E-state index in [1.54, 1.807) is 6.33 Å². The molecule has 5 nitrogen and oxygen atoms in total. The number of hydrogen-bond donors (Lipinski definition) is 2. The number of H-pyrrole nitrogens is 1. The minimum atomic E-state index is 0.211. The summed E-state index contributed by atoms with van der Waals surface area (Å²) in [5.41, 5.74) is 1.38. The predicted octanol–water partition coefficient (Wildman–Crippen LogP) is 1.83. The molecule has 2 N–H and O–H groups in total. The number of fused-ring (bicyclic) bond motifs is 1. The van der Waals surface area contributed by atoms with Crippen LogP contribution >= 0.6 is 11.6 Å². The highest BCUT2D eigenvalue weighted by atomic mass is 35.5. The summed E-state index contributed by atoms with van der Waals surface area (Å²) < 4.78 is 0. The Morgan fingerprint density at radius 1 is 1.50 bits per heavy atom. The van der Waals surface area contributed by atoms with Crippen molar-refractivity contribution in [2.75, 3.05) is 11.9 Å². The molecular formula is C8H10ClN5. The molecule has 14 heavy (non-hydrogen) atoms. The van der Waals surface area contributed by atoms with Crippen LogP contribution in [0.4, 0.5) is 5.82 Å². The van der Waals surface area contributed by atoms with Gasteiger partial charge in [0.2, 0.25) is 5.28 Å². The second-order valence-corrected chi connectivity index (χ2v) is 3.21. The topological polar surface area (TPSA) is 66.5 Å². The number of halogens is 1. The van der Waals surface area contributed by atoms with Gasteiger partial charge in [-0.25, -0.2) is 4.98 Å². The Morgan fingerprint density at radius 3 is 3.14 bits per heavy atom. The molecule has 0 saturated carbocycles. The molecule has 0 amide bonds. The van der Waals surface area contributed by atoms with Crippen LogP contribution in [0.5, 0.6) is 0 Å². The molecule has 2 aromatic heterocycles. The molecule has 0 unspecified atom stereocenters. The molecule has 2 heterocycles. The molecule has 0 saturated heterocycles. The van der Waals surface area contributed by atoms with Gasteiger partial charge in [-0.3, -0.25) is 0 Å². The lowest BCUT2D eigenvalue weighted by atomic mass is 10.4. The molecule has 0 aliphatic rings. The van der Waals surface area contributed by atoms with Gasteiger partial charge in [-0.05, 0) is 18.0 Å². The summed E-state index contributed by atoms with van der Waals surface area (Å²) in [6.07, 6.45) is 2.60. The molecule has 0 spiro atoms. The van der Waals surface area contributed by atoms with Crippen LogP contribution in [0.2, 0.25) is 5.28 Å². The molecule has 0 aliphatic heterocycles. The molecule has 74 valence electrons. The predicted molar refractivity (Wildman–Crippen MR) is 55.5 cm³/mol. The smallest absolute Gasteiger partial charge is 0.226 e. The average Bonchev–Trinajstić information content (AvgIpc) is 2.61. The Morgan fingerprint density at radius 2 is 2.36 bits per heavy atom. The van der Waals surface area contributed by atoms with E-state index in [0.29, 0.717) is 11.5 Å². The number of aromatic nitrogens is 4. The normalized spacial score (nSPS) is 10.7. The van der Waals surface area contributed by atoms with E-state index >= 15 is 0 Å². The van der Waals surface area contributed by atoms with E-state index in [1.807, 2.05) is 0 Å². The molecule has 0 bridgehead atoms. The quantitative estimate of drug-likeness (QED) is 0.761. The summed E-state index contributed by atoms with van der Waals surface area (Å²) in [4.78, 5) is 15.0. The first-order chi connectivity index (χ1) is 6.81. The van der Waals surface area contributed by atoms with Gasteiger partial charge in [0.05, 0.1) is 6.33 Å². The summed E-state index contributed by atoms with van der Waals surface area (Å²) >= 11 is 5.74. The van der Waals surface area contributed by atoms with Crippen molar-refractivity contribution in [2.45, 2.75) is 13.3 Å². The van der Waals surface area contributed by atoms with Crippen molar-refractivity contribution in [1.82, 2.24) is 19.9 Å². The first-order valence-corrected chi connectivity index (χ1v) is 4.79. The summed E-state index contributed by atoms with van der Waals surface area (Å²) in [6.45, 7) is 2.93. The van der Waals surface area contributed by atoms with Crippen molar-refractivity contribution in [3.05, 3.63) is 11.6 Å². The van der Waals surface area contributed by atoms with Crippen LogP contribution in [0.3, 0.4) is 0 Å². The van der Waals surface area contributed by atoms with Crippen LogP contribution in [0.1, 0.15) is 13.3 Å². The number of anilines is 1. The maximum Gasteiger partial charge on any atom is 0.226 e. The number of aromatic amines is 1. The molecule has 2 aromatic rings. The van der Waals surface area contributed by atoms with Crippen LogP contribution in [-0.4, -0.2) is 26.5 Å². The summed E-state index contributed by atoms with van der Waals surface area (Å²) in [6, 6.07) is 0. The molecule has 0 aromatic carbocycles. The monoisotopic (exact) mass is 211 g/mol. The molecular weight excluding hydrogens is 202 g/mol. The van der Waals surface area contributed by atoms with Gasteiger partial charge in [0.1, 0.15) is 5.52 Å². The van der Waals surface area contributed by atoms with Gasteiger partial charge in [-0.15, -0.1) is 0 Å². The van der Waals surface area contributed by atoms with Gasteiger partial charge in [0.15, 0.2) is 11.5 Å². The van der Waals surface area contributed by atoms with Crippen LogP contribution in [0.15, 0.2) is 6.33 Å². The highest BCUT2D eigenvalue weighted by Crippen LogP contribution is 2.18. The van der Waals surface area contributed by atoms with Crippen molar-refractivity contribution in [3.63, 3.8) is 0 Å². The summed E-state index contributed by atoms with van der Waals surface area (Å²) in [7, 11) is 0. The molecule has 0 aliphatic carbocycles. The maximum absolute atomic E-state index is 5.74. The largest absolute Gasteiger partial charge is 0.368 e. The summed E-state index contributed by atoms with van der Waals surface area (Å²) in [5.74, 6) is 0.708. The van der Waals surface area contributed by atoms with Crippen molar-refractivity contribution < 1.29 is 0 Å². The second kappa shape index (κ2) is 3.79. The van der Waals surface area contributed by atoms with Crippen LogP contribution in [-0.2, 0) is 0 Å². The van der Waals surface area contributed by atoms with Gasteiger partial charge in [-0.2, -0.15) is 9.97 Å². The minimum Gasteiger partial charge on any atom is -0.368 e. The zero-order chi connectivity index (χ0) is 9.97. The first-order valence-electron chi connectivity index (χ1n) is 4.41. The van der Waals surface area contributed by atoms with Crippen LogP contribution in [0.25, 0.3) is 11.2 Å². The number of imidazole rings is 1. The van der Waals surface area contributed by atoms with Crippen molar-refractivity contribution in [3.8, 4) is 0 Å². The van der Waals surface area contributed by atoms with Crippen molar-refractivity contribution in [2.24, 2.45) is 0 Å². The fraction of sp³-hybridized carbons (Fsp3) is 0.375. The Hall–Kier alpha value is -1.36. The SMILES string of the molecule is CCCNc1nc(Cl)nc2nc[nH]c12. The van der Waals surface area contributed by atoms with E-state index in [0.717, 1.165) is 18.5 Å². The van der Waals surface area contributed by atoms with Gasteiger partial charge in [0.25, 0.3) is 0 Å². The number of nitrogens with zero attached hydrogens (tertiary/aromatic N) is 3. The average molecular weight is 212 g/mol. The third kappa shape index (κ3) is 1.63. The fourth-order valence-electron chi connectivity index (χ4n) is 1.18. The third-order valence-corrected chi connectivity index (χ3v) is 1.97. The van der Waals surface area contributed by atoms with Gasteiger partial charge in [0, 0.05) is 6.54 Å². The number of hydrogen-bond acceptors (Lipinski definition) is 4. The molecule has 0 atom stereocenters. The summed E-state index contributed by atoms with van der Waals surface area (Å²) in [5, 5.41) is 3.37. The second-order valence-electron chi connectivity index (χ2n) is 2.87. The molecule has 0 fully saturated rings. The molecule has 0 radical (unpaired) electrons. The van der Waals surface area contributed by atoms with Crippen molar-refractivity contribution >= 4 is 28.6 Å². The standard InChI is InChI=1S/C8H10ClN5/c1-2-3-10-6-5-7(12-4-11-5)14-8(9)13-6/h4H,2-3H2,1H3,(H2,10,11,12,13,14). The third-order valence-electron chi connectivity index (χ3n) is 1.80. The lowest BCUT2D eigenvalue weighted by Crippen LogP contribution is -2.03. The molecule has 6 heteroatoms. The van der Waals surface area contributed by atoms with Gasteiger partial charge >= 0.3 is 0 Å². The highest BCUT2D eigenvalue weighted by molar-refractivity contribution is 6.28. The maximum atomic E-state index is 5.74. The van der Waals surface area contributed by atoms with E-state index in [2.05, 4.69) is 32.2 Å². The Bertz CT molecular complexity index is 438. The Balaban J connectivity index is 2.44. The van der Waals surface area contributed by atoms with Crippen LogP contribution < -0.4 is 5.32 Å². The van der Waals surface area contributed by atoms with E-state index in [9.17, 15) is 0 Å². The number of nitrogens with one attached hydrogen (secondary N) is 2. The zero-order valence-corrected chi connectivity index (χ0v) is 8.47. The van der Waals surface area contributed by atoms with Crippen LogP contribution in [0, 0.1) is 0 Å². The van der Waals surface area contributed by atoms with E-state index in [1.165, 1.54) is 0 Å². The Kier molecular flexibility index (Phi) is 2.49. The van der Waals surface area contributed by atoms with E-state index in [4.69, 9.17) is 11.6 Å². The zero-order valence-electron chi connectivity index (χ0n) is 7.71. The van der Waals surface area contributed by atoms with Crippen molar-refractivity contribution in [1.29, 1.82) is 0 Å². The lowest BCUT2D eigenvalue weighted by Gasteiger charge is -2.03. The lowest BCUT2D eigenvalue weighted by molar-refractivity contribution is 0.968. The molecule has 2 rings (SSSR count). The minimum absolute atomic E-state index is 0.211. The van der Waals surface area contributed by atoms with E-state index < -0.39 is 0 Å². The highest BCUT2D eigenvalue weighted by Gasteiger charge is 2.07. The Labute approximate surface area is 85.9 Å². The first kappa shape index (κ1) is 9.21. The van der Waals surface area contributed by atoms with Gasteiger partial charge < -0.3 is 10.3 Å². The fourth-order valence-corrected chi connectivity index (χ4v) is 1.34.